The Morgan fingerprint density at radius 1 is 1.60 bits per heavy atom. The molecule has 0 unspecified atom stereocenters. The lowest BCUT2D eigenvalue weighted by atomic mass is 10.1. The van der Waals surface area contributed by atoms with Crippen molar-refractivity contribution in [2.24, 2.45) is 0 Å². The highest BCUT2D eigenvalue weighted by Gasteiger charge is 2.46. The first-order valence-corrected chi connectivity index (χ1v) is 2.85. The molecule has 3 N–H and O–H groups in total. The lowest BCUT2D eigenvalue weighted by Gasteiger charge is -2.29. The van der Waals surface area contributed by atoms with Crippen molar-refractivity contribution in [2.75, 3.05) is 6.61 Å². The van der Waals surface area contributed by atoms with Crippen LogP contribution < -0.4 is 0 Å². The zero-order valence-corrected chi connectivity index (χ0v) is 5.15. The summed E-state index contributed by atoms with van der Waals surface area (Å²) in [7, 11) is 0. The van der Waals surface area contributed by atoms with Gasteiger partial charge in [0, 0.05) is 6.42 Å². The summed E-state index contributed by atoms with van der Waals surface area (Å²) in [6, 6.07) is 0. The maximum atomic E-state index is 10.4. The number of ether oxygens (including phenoxy) is 1. The molecule has 1 atom stereocenters. The van der Waals surface area contributed by atoms with Gasteiger partial charge in [-0.1, -0.05) is 0 Å². The zero-order chi connectivity index (χ0) is 7.78. The summed E-state index contributed by atoms with van der Waals surface area (Å²) in [6.07, 6.45) is -1.38. The minimum absolute atomic E-state index is 0.0306. The maximum Gasteiger partial charge on any atom is 0.369 e. The van der Waals surface area contributed by atoms with Crippen LogP contribution in [0.15, 0.2) is 0 Å². The van der Waals surface area contributed by atoms with Crippen LogP contribution >= 0.6 is 0 Å². The molecule has 0 amide bonds. The monoisotopic (exact) mass is 148 g/mol. The lowest BCUT2D eigenvalue weighted by Crippen LogP contribution is -2.54. The number of rotatable bonds is 0. The normalized spacial score (nSPS) is 31.5. The molecule has 0 saturated carbocycles. The van der Waals surface area contributed by atoms with Crippen molar-refractivity contribution in [1.82, 2.24) is 0 Å². The van der Waals surface area contributed by atoms with Gasteiger partial charge in [-0.15, -0.1) is 0 Å². The fraction of sp³-hybridized carbons (Fsp3) is 0.800. The van der Waals surface area contributed by atoms with Crippen molar-refractivity contribution in [3.63, 3.8) is 0 Å². The van der Waals surface area contributed by atoms with Crippen molar-refractivity contribution >= 4 is 5.97 Å². The number of hydrogen-bond acceptors (Lipinski definition) is 5. The van der Waals surface area contributed by atoms with Gasteiger partial charge in [-0.2, -0.15) is 0 Å². The molecule has 1 aliphatic heterocycles. The van der Waals surface area contributed by atoms with Gasteiger partial charge in [0.1, 0.15) is 6.10 Å². The van der Waals surface area contributed by atoms with E-state index in [9.17, 15) is 4.79 Å². The van der Waals surface area contributed by atoms with Crippen LogP contribution in [-0.4, -0.2) is 39.8 Å². The van der Waals surface area contributed by atoms with Crippen LogP contribution in [0.5, 0.6) is 0 Å². The highest BCUT2D eigenvalue weighted by atomic mass is 16.6. The summed E-state index contributed by atoms with van der Waals surface area (Å²) in [5.41, 5.74) is 0. The van der Waals surface area contributed by atoms with Crippen molar-refractivity contribution < 1.29 is 24.9 Å². The van der Waals surface area contributed by atoms with E-state index in [0.29, 0.717) is 0 Å². The lowest BCUT2D eigenvalue weighted by molar-refractivity contribution is -0.256. The summed E-state index contributed by atoms with van der Waals surface area (Å²) in [5, 5.41) is 26.3. The molecule has 0 aromatic rings. The number of carbonyl (C=O) groups excluding carboxylic acids is 1. The van der Waals surface area contributed by atoms with E-state index in [1.165, 1.54) is 0 Å². The van der Waals surface area contributed by atoms with Crippen LogP contribution in [0.3, 0.4) is 0 Å². The first kappa shape index (κ1) is 7.46. The van der Waals surface area contributed by atoms with Gasteiger partial charge >= 0.3 is 5.97 Å². The molecule has 0 radical (unpaired) electrons. The number of aliphatic hydroxyl groups is 3. The van der Waals surface area contributed by atoms with E-state index in [-0.39, 0.29) is 13.0 Å². The van der Waals surface area contributed by atoms with E-state index in [4.69, 9.17) is 15.3 Å². The molecular weight excluding hydrogens is 140 g/mol. The van der Waals surface area contributed by atoms with Crippen LogP contribution in [-0.2, 0) is 9.53 Å². The first-order chi connectivity index (χ1) is 4.55. The zero-order valence-electron chi connectivity index (χ0n) is 5.15. The van der Waals surface area contributed by atoms with Crippen LogP contribution in [0, 0.1) is 0 Å². The van der Waals surface area contributed by atoms with Gasteiger partial charge in [-0.05, 0) is 0 Å². The number of cyclic esters (lactones) is 1. The van der Waals surface area contributed by atoms with Gasteiger partial charge in [0.15, 0.2) is 0 Å². The maximum absolute atomic E-state index is 10.4. The minimum atomic E-state index is -2.71. The Balaban J connectivity index is 2.73. The molecule has 10 heavy (non-hydrogen) atoms. The van der Waals surface area contributed by atoms with Gasteiger partial charge < -0.3 is 20.1 Å². The third-order valence-electron chi connectivity index (χ3n) is 1.39. The quantitative estimate of drug-likeness (QED) is 0.272. The van der Waals surface area contributed by atoms with Gasteiger partial charge in [0.2, 0.25) is 0 Å². The molecule has 0 bridgehead atoms. The van der Waals surface area contributed by atoms with Crippen LogP contribution in [0.2, 0.25) is 0 Å². The summed E-state index contributed by atoms with van der Waals surface area (Å²) in [5.74, 6) is -3.90. The fourth-order valence-corrected chi connectivity index (χ4v) is 0.707. The predicted octanol–water partition coefficient (Wildman–Crippen LogP) is -2.02. The van der Waals surface area contributed by atoms with Crippen LogP contribution in [0.4, 0.5) is 0 Å². The van der Waals surface area contributed by atoms with Gasteiger partial charge in [0.25, 0.3) is 5.79 Å². The predicted molar refractivity (Wildman–Crippen MR) is 28.8 cm³/mol. The Morgan fingerprint density at radius 3 is 2.60 bits per heavy atom. The molecule has 5 heteroatoms. The smallest absolute Gasteiger partial charge is 0.369 e. The van der Waals surface area contributed by atoms with E-state index < -0.39 is 17.9 Å². The van der Waals surface area contributed by atoms with Gasteiger partial charge in [0.05, 0.1) is 6.61 Å². The van der Waals surface area contributed by atoms with Crippen molar-refractivity contribution in [2.45, 2.75) is 18.3 Å². The van der Waals surface area contributed by atoms with E-state index in [1.807, 2.05) is 0 Å². The fourth-order valence-electron chi connectivity index (χ4n) is 0.707. The summed E-state index contributed by atoms with van der Waals surface area (Å²) >= 11 is 0. The van der Waals surface area contributed by atoms with Crippen molar-refractivity contribution in [3.05, 3.63) is 0 Å². The Bertz CT molecular complexity index is 152. The summed E-state index contributed by atoms with van der Waals surface area (Å²) < 4.78 is 4.26. The molecule has 5 nitrogen and oxygen atoms in total. The van der Waals surface area contributed by atoms with Crippen molar-refractivity contribution in [1.29, 1.82) is 0 Å². The molecule has 1 aliphatic rings. The molecule has 0 spiro atoms. The third-order valence-corrected chi connectivity index (χ3v) is 1.39. The molecule has 1 fully saturated rings. The topological polar surface area (TPSA) is 87.0 Å². The van der Waals surface area contributed by atoms with E-state index in [0.717, 1.165) is 0 Å². The van der Waals surface area contributed by atoms with Crippen LogP contribution in [0.1, 0.15) is 6.42 Å². The molecule has 1 heterocycles. The number of aliphatic hydroxyl groups excluding tert-OH is 1. The average Bonchev–Trinajstić information content (AvgIpc) is 1.84. The Labute approximate surface area is 56.9 Å². The third kappa shape index (κ3) is 0.985. The number of esters is 1. The molecule has 0 aromatic heterocycles. The average molecular weight is 148 g/mol. The van der Waals surface area contributed by atoms with E-state index >= 15 is 0 Å². The summed E-state index contributed by atoms with van der Waals surface area (Å²) in [6.45, 7) is 0.0306. The van der Waals surface area contributed by atoms with E-state index in [2.05, 4.69) is 4.74 Å². The minimum Gasteiger partial charge on any atom is -0.462 e. The molecular formula is C5H8O5. The molecule has 0 aromatic carbocycles. The Kier molecular flexibility index (Phi) is 1.63. The standard InChI is InChI=1S/C5H8O5/c6-3-1-2-10-4(7)5(3,8)9/h3,6,8-9H,1-2H2/t3-/m1/s1. The highest BCUT2D eigenvalue weighted by Crippen LogP contribution is 2.17. The van der Waals surface area contributed by atoms with Gasteiger partial charge in [-0.3, -0.25) is 0 Å². The van der Waals surface area contributed by atoms with E-state index in [1.54, 1.807) is 0 Å². The van der Waals surface area contributed by atoms with Gasteiger partial charge in [-0.25, -0.2) is 4.79 Å². The molecule has 1 saturated heterocycles. The second-order valence-electron chi connectivity index (χ2n) is 2.17. The molecule has 1 rings (SSSR count). The first-order valence-electron chi connectivity index (χ1n) is 2.85. The number of hydrogen-bond donors (Lipinski definition) is 3. The number of carbonyl (C=O) groups is 1. The Hall–Kier alpha value is -0.650. The van der Waals surface area contributed by atoms with Crippen molar-refractivity contribution in [3.8, 4) is 0 Å². The molecule has 0 aliphatic carbocycles. The Morgan fingerprint density at radius 2 is 2.20 bits per heavy atom. The largest absolute Gasteiger partial charge is 0.462 e. The highest BCUT2D eigenvalue weighted by molar-refractivity contribution is 5.78. The second kappa shape index (κ2) is 2.19. The SMILES string of the molecule is O=C1OCC[C@@H](O)C1(O)O. The second-order valence-corrected chi connectivity index (χ2v) is 2.17. The van der Waals surface area contributed by atoms with Crippen LogP contribution in [0.25, 0.3) is 0 Å². The molecule has 58 valence electrons. The summed E-state index contributed by atoms with van der Waals surface area (Å²) in [4.78, 5) is 10.4.